The van der Waals surface area contributed by atoms with E-state index < -0.39 is 5.97 Å². The molecule has 0 bridgehead atoms. The summed E-state index contributed by atoms with van der Waals surface area (Å²) >= 11 is 6.14. The number of hydrogen-bond donors (Lipinski definition) is 2. The molecule has 3 aromatic carbocycles. The van der Waals surface area contributed by atoms with Gasteiger partial charge in [-0.25, -0.2) is 4.79 Å². The third-order valence-corrected chi connectivity index (χ3v) is 4.34. The smallest absolute Gasteiger partial charge is 0.335 e. The molecule has 0 fully saturated rings. The minimum atomic E-state index is -0.923. The normalized spacial score (nSPS) is 10.2. The standard InChI is InChI=1S/C22H20ClNO3.ClH/c23-20-10-11-21(27-15-17-4-2-1-3-5-17)19(12-20)14-24-13-16-6-8-18(9-7-16)22(25)26;/h1-12,24H,13-15H2,(H,25,26);1H. The third kappa shape index (κ3) is 6.27. The fourth-order valence-corrected chi connectivity index (χ4v) is 2.86. The number of nitrogens with one attached hydrogen (secondary N) is 1. The number of rotatable bonds is 8. The molecule has 2 N–H and O–H groups in total. The zero-order chi connectivity index (χ0) is 19.1. The van der Waals surface area contributed by atoms with Crippen LogP contribution in [-0.4, -0.2) is 11.1 Å². The van der Waals surface area contributed by atoms with Gasteiger partial charge in [-0.2, -0.15) is 0 Å². The van der Waals surface area contributed by atoms with Gasteiger partial charge < -0.3 is 15.2 Å². The Kier molecular flexibility index (Phi) is 8.33. The maximum Gasteiger partial charge on any atom is 0.335 e. The molecule has 0 spiro atoms. The molecule has 0 atom stereocenters. The Balaban J connectivity index is 0.00000280. The molecule has 0 aliphatic carbocycles. The lowest BCUT2D eigenvalue weighted by Gasteiger charge is -2.13. The molecule has 3 rings (SSSR count). The lowest BCUT2D eigenvalue weighted by atomic mass is 10.1. The summed E-state index contributed by atoms with van der Waals surface area (Å²) < 4.78 is 5.96. The number of hydrogen-bond acceptors (Lipinski definition) is 3. The van der Waals surface area contributed by atoms with E-state index in [1.165, 1.54) is 0 Å². The van der Waals surface area contributed by atoms with Crippen molar-refractivity contribution < 1.29 is 14.6 Å². The van der Waals surface area contributed by atoms with Crippen molar-refractivity contribution in [3.63, 3.8) is 0 Å². The van der Waals surface area contributed by atoms with Crippen molar-refractivity contribution in [1.82, 2.24) is 5.32 Å². The first-order valence-electron chi connectivity index (χ1n) is 8.60. The summed E-state index contributed by atoms with van der Waals surface area (Å²) in [6.07, 6.45) is 0. The number of halogens is 2. The van der Waals surface area contributed by atoms with Crippen molar-refractivity contribution in [1.29, 1.82) is 0 Å². The molecular weight excluding hydrogens is 397 g/mol. The predicted molar refractivity (Wildman–Crippen MR) is 113 cm³/mol. The summed E-state index contributed by atoms with van der Waals surface area (Å²) in [6.45, 7) is 1.70. The highest BCUT2D eigenvalue weighted by Gasteiger charge is 2.06. The minimum Gasteiger partial charge on any atom is -0.489 e. The molecule has 0 unspecified atom stereocenters. The first-order valence-corrected chi connectivity index (χ1v) is 8.98. The molecule has 0 saturated heterocycles. The van der Waals surface area contributed by atoms with Gasteiger partial charge in [-0.3, -0.25) is 0 Å². The molecule has 0 radical (unpaired) electrons. The van der Waals surface area contributed by atoms with Crippen LogP contribution in [0.25, 0.3) is 0 Å². The zero-order valence-electron chi connectivity index (χ0n) is 15.1. The average Bonchev–Trinajstić information content (AvgIpc) is 2.68. The number of benzene rings is 3. The zero-order valence-corrected chi connectivity index (χ0v) is 16.7. The Hall–Kier alpha value is -2.53. The number of aromatic carboxylic acids is 1. The summed E-state index contributed by atoms with van der Waals surface area (Å²) in [5.74, 6) is -0.134. The lowest BCUT2D eigenvalue weighted by molar-refractivity contribution is 0.0697. The third-order valence-electron chi connectivity index (χ3n) is 4.11. The molecule has 4 nitrogen and oxygen atoms in total. The van der Waals surface area contributed by atoms with Crippen LogP contribution in [0, 0.1) is 0 Å². The molecule has 0 heterocycles. The van der Waals surface area contributed by atoms with E-state index in [-0.39, 0.29) is 18.0 Å². The molecule has 0 aliphatic heterocycles. The molecule has 6 heteroatoms. The van der Waals surface area contributed by atoms with Crippen LogP contribution in [0.1, 0.15) is 27.0 Å². The van der Waals surface area contributed by atoms with Crippen molar-refractivity contribution in [3.05, 3.63) is 100 Å². The van der Waals surface area contributed by atoms with Crippen LogP contribution in [0.4, 0.5) is 0 Å². The van der Waals surface area contributed by atoms with Crippen molar-refractivity contribution in [3.8, 4) is 5.75 Å². The van der Waals surface area contributed by atoms with Crippen molar-refractivity contribution in [2.45, 2.75) is 19.7 Å². The van der Waals surface area contributed by atoms with Crippen LogP contribution in [-0.2, 0) is 19.7 Å². The topological polar surface area (TPSA) is 58.6 Å². The van der Waals surface area contributed by atoms with Crippen LogP contribution in [0.3, 0.4) is 0 Å². The highest BCUT2D eigenvalue weighted by Crippen LogP contribution is 2.24. The Bertz CT molecular complexity index is 899. The van der Waals surface area contributed by atoms with Gasteiger partial charge in [-0.15, -0.1) is 12.4 Å². The average molecular weight is 418 g/mol. The number of ether oxygens (including phenoxy) is 1. The maximum absolute atomic E-state index is 10.9. The van der Waals surface area contributed by atoms with Crippen LogP contribution >= 0.6 is 24.0 Å². The van der Waals surface area contributed by atoms with Gasteiger partial charge in [0.15, 0.2) is 0 Å². The van der Waals surface area contributed by atoms with Gasteiger partial charge in [0, 0.05) is 23.7 Å². The van der Waals surface area contributed by atoms with Crippen LogP contribution < -0.4 is 10.1 Å². The summed E-state index contributed by atoms with van der Waals surface area (Å²) in [7, 11) is 0. The van der Waals surface area contributed by atoms with Gasteiger partial charge in [0.25, 0.3) is 0 Å². The Morgan fingerprint density at radius 2 is 1.64 bits per heavy atom. The fourth-order valence-electron chi connectivity index (χ4n) is 2.67. The van der Waals surface area contributed by atoms with E-state index in [1.54, 1.807) is 24.3 Å². The highest BCUT2D eigenvalue weighted by atomic mass is 35.5. The van der Waals surface area contributed by atoms with Gasteiger partial charge in [0.05, 0.1) is 5.56 Å². The van der Waals surface area contributed by atoms with Gasteiger partial charge >= 0.3 is 5.97 Å². The molecule has 28 heavy (non-hydrogen) atoms. The number of carboxylic acid groups (broad SMARTS) is 1. The van der Waals surface area contributed by atoms with E-state index in [4.69, 9.17) is 21.4 Å². The molecule has 146 valence electrons. The predicted octanol–water partition coefficient (Wildman–Crippen LogP) is 5.33. The molecule has 0 saturated carbocycles. The molecule has 0 aliphatic rings. The first kappa shape index (κ1) is 21.8. The van der Waals surface area contributed by atoms with E-state index in [1.807, 2.05) is 48.5 Å². The molecule has 0 aromatic heterocycles. The maximum atomic E-state index is 10.9. The Labute approximate surface area is 175 Å². The number of carbonyl (C=O) groups is 1. The van der Waals surface area contributed by atoms with Crippen LogP contribution in [0.5, 0.6) is 5.75 Å². The Morgan fingerprint density at radius 3 is 2.32 bits per heavy atom. The minimum absolute atomic E-state index is 0. The van der Waals surface area contributed by atoms with E-state index in [9.17, 15) is 4.79 Å². The quantitative estimate of drug-likeness (QED) is 0.519. The van der Waals surface area contributed by atoms with Crippen LogP contribution in [0.15, 0.2) is 72.8 Å². The largest absolute Gasteiger partial charge is 0.489 e. The van der Waals surface area contributed by atoms with E-state index in [0.717, 1.165) is 22.4 Å². The van der Waals surface area contributed by atoms with Crippen molar-refractivity contribution >= 4 is 30.0 Å². The summed E-state index contributed by atoms with van der Waals surface area (Å²) in [5, 5.41) is 13.0. The molecular formula is C22H21Cl2NO3. The highest BCUT2D eigenvalue weighted by molar-refractivity contribution is 6.30. The van der Waals surface area contributed by atoms with Crippen molar-refractivity contribution in [2.75, 3.05) is 0 Å². The van der Waals surface area contributed by atoms with Gasteiger partial charge in [0.1, 0.15) is 12.4 Å². The van der Waals surface area contributed by atoms with Gasteiger partial charge in [0.2, 0.25) is 0 Å². The van der Waals surface area contributed by atoms with E-state index in [0.29, 0.717) is 24.7 Å². The molecule has 3 aromatic rings. The second kappa shape index (κ2) is 10.7. The van der Waals surface area contributed by atoms with Gasteiger partial charge in [-0.1, -0.05) is 54.1 Å². The van der Waals surface area contributed by atoms with Crippen LogP contribution in [0.2, 0.25) is 5.02 Å². The summed E-state index contributed by atoms with van der Waals surface area (Å²) in [6, 6.07) is 22.4. The monoisotopic (exact) mass is 417 g/mol. The molecule has 0 amide bonds. The van der Waals surface area contributed by atoms with E-state index in [2.05, 4.69) is 5.32 Å². The fraction of sp³-hybridized carbons (Fsp3) is 0.136. The van der Waals surface area contributed by atoms with E-state index >= 15 is 0 Å². The summed E-state index contributed by atoms with van der Waals surface area (Å²) in [4.78, 5) is 10.9. The summed E-state index contributed by atoms with van der Waals surface area (Å²) in [5.41, 5.74) is 3.37. The van der Waals surface area contributed by atoms with Crippen molar-refractivity contribution in [2.24, 2.45) is 0 Å². The first-order chi connectivity index (χ1) is 13.1. The SMILES string of the molecule is Cl.O=C(O)c1ccc(CNCc2cc(Cl)ccc2OCc2ccccc2)cc1. The lowest BCUT2D eigenvalue weighted by Crippen LogP contribution is -2.14. The van der Waals surface area contributed by atoms with Gasteiger partial charge in [-0.05, 0) is 41.5 Å². The second-order valence-electron chi connectivity index (χ2n) is 6.13. The number of carboxylic acids is 1. The Morgan fingerprint density at radius 1 is 0.929 bits per heavy atom. The second-order valence-corrected chi connectivity index (χ2v) is 6.57.